The zero-order valence-corrected chi connectivity index (χ0v) is 16.6. The van der Waals surface area contributed by atoms with Crippen molar-refractivity contribution in [1.82, 2.24) is 0 Å². The number of allylic oxidation sites excluding steroid dienone is 2. The number of aliphatic hydroxyl groups excluding tert-OH is 1. The summed E-state index contributed by atoms with van der Waals surface area (Å²) in [4.78, 5) is 25.3. The van der Waals surface area contributed by atoms with Gasteiger partial charge in [0.1, 0.15) is 12.2 Å². The summed E-state index contributed by atoms with van der Waals surface area (Å²) < 4.78 is 11.7. The van der Waals surface area contributed by atoms with Crippen molar-refractivity contribution >= 4 is 11.8 Å². The maximum atomic E-state index is 13.4. The van der Waals surface area contributed by atoms with Crippen molar-refractivity contribution in [2.45, 2.75) is 58.0 Å². The van der Waals surface area contributed by atoms with Crippen LogP contribution in [0.5, 0.6) is 0 Å². The van der Waals surface area contributed by atoms with Crippen LogP contribution in [0.3, 0.4) is 0 Å². The monoisotopic (exact) mass is 388 g/mol. The Morgan fingerprint density at radius 2 is 2.07 bits per heavy atom. The maximum Gasteiger partial charge on any atom is 0.303 e. The first-order valence-electron chi connectivity index (χ1n) is 10.2. The molecular weight excluding hydrogens is 360 g/mol. The minimum Gasteiger partial charge on any atom is -0.457 e. The largest absolute Gasteiger partial charge is 0.457 e. The number of aliphatic hydroxyl groups is 2. The van der Waals surface area contributed by atoms with Gasteiger partial charge in [0.05, 0.1) is 17.4 Å². The van der Waals surface area contributed by atoms with Gasteiger partial charge in [0.15, 0.2) is 5.78 Å². The molecule has 6 rings (SSSR count). The Hall–Kier alpha value is -1.50. The van der Waals surface area contributed by atoms with Crippen LogP contribution in [0.1, 0.15) is 40.0 Å². The normalized spacial score (nSPS) is 53.0. The van der Waals surface area contributed by atoms with Crippen LogP contribution >= 0.6 is 0 Å². The van der Waals surface area contributed by atoms with Crippen LogP contribution in [-0.2, 0) is 19.1 Å². The summed E-state index contributed by atoms with van der Waals surface area (Å²) in [6.45, 7) is 9.58. The van der Waals surface area contributed by atoms with Gasteiger partial charge in [0.25, 0.3) is 0 Å². The molecule has 0 radical (unpaired) electrons. The molecule has 2 N–H and O–H groups in total. The minimum absolute atomic E-state index is 0.0560. The molecule has 152 valence electrons. The summed E-state index contributed by atoms with van der Waals surface area (Å²) in [7, 11) is 0. The van der Waals surface area contributed by atoms with Crippen molar-refractivity contribution in [3.05, 3.63) is 24.3 Å². The van der Waals surface area contributed by atoms with E-state index in [2.05, 4.69) is 6.58 Å². The fraction of sp³-hybridized carbons (Fsp3) is 0.727. The molecule has 0 amide bonds. The van der Waals surface area contributed by atoms with Crippen molar-refractivity contribution in [1.29, 1.82) is 0 Å². The number of hydrogen-bond donors (Lipinski definition) is 2. The molecule has 0 unspecified atom stereocenters. The molecule has 8 atom stereocenters. The predicted octanol–water partition coefficient (Wildman–Crippen LogP) is 1.75. The zero-order valence-electron chi connectivity index (χ0n) is 16.6. The molecule has 2 aliphatic heterocycles. The molecule has 6 nitrogen and oxygen atoms in total. The second-order valence-corrected chi connectivity index (χ2v) is 10.1. The Morgan fingerprint density at radius 3 is 2.75 bits per heavy atom. The van der Waals surface area contributed by atoms with Crippen LogP contribution in [0, 0.1) is 34.0 Å². The lowest BCUT2D eigenvalue weighted by atomic mass is 9.37. The molecule has 2 saturated heterocycles. The number of carbonyl (C=O) groups excluding carboxylic acids is 2. The molecule has 0 aromatic carbocycles. The number of esters is 1. The molecule has 4 bridgehead atoms. The Kier molecular flexibility index (Phi) is 3.41. The molecule has 5 fully saturated rings. The van der Waals surface area contributed by atoms with E-state index >= 15 is 0 Å². The summed E-state index contributed by atoms with van der Waals surface area (Å²) in [5.74, 6) is -3.03. The zero-order chi connectivity index (χ0) is 20.3. The highest BCUT2D eigenvalue weighted by molar-refractivity contribution is 5.97. The Balaban J connectivity index is 1.78. The van der Waals surface area contributed by atoms with Crippen LogP contribution < -0.4 is 0 Å². The fourth-order valence-electron chi connectivity index (χ4n) is 7.73. The third-order valence-corrected chi connectivity index (χ3v) is 8.64. The predicted molar refractivity (Wildman–Crippen MR) is 98.7 cm³/mol. The van der Waals surface area contributed by atoms with E-state index in [-0.39, 0.29) is 24.2 Å². The van der Waals surface area contributed by atoms with E-state index in [1.807, 2.05) is 19.9 Å². The van der Waals surface area contributed by atoms with Crippen molar-refractivity contribution in [3.8, 4) is 0 Å². The topological polar surface area (TPSA) is 93.1 Å². The lowest BCUT2D eigenvalue weighted by Gasteiger charge is -2.72. The van der Waals surface area contributed by atoms with Crippen LogP contribution in [0.25, 0.3) is 0 Å². The van der Waals surface area contributed by atoms with E-state index in [1.165, 1.54) is 6.92 Å². The fourth-order valence-corrected chi connectivity index (χ4v) is 7.73. The number of carbonyl (C=O) groups is 2. The number of ketones is 1. The van der Waals surface area contributed by atoms with Crippen LogP contribution in [0.4, 0.5) is 0 Å². The van der Waals surface area contributed by atoms with Gasteiger partial charge in [0, 0.05) is 12.8 Å². The van der Waals surface area contributed by atoms with E-state index in [4.69, 9.17) is 9.47 Å². The first-order valence-corrected chi connectivity index (χ1v) is 10.2. The second-order valence-electron chi connectivity index (χ2n) is 10.1. The molecule has 28 heavy (non-hydrogen) atoms. The summed E-state index contributed by atoms with van der Waals surface area (Å²) in [5.41, 5.74) is -1.70. The van der Waals surface area contributed by atoms with Gasteiger partial charge < -0.3 is 19.7 Å². The van der Waals surface area contributed by atoms with Crippen LogP contribution in [-0.4, -0.2) is 46.6 Å². The van der Waals surface area contributed by atoms with Gasteiger partial charge in [-0.2, -0.15) is 0 Å². The van der Waals surface area contributed by atoms with E-state index in [0.717, 1.165) is 12.0 Å². The van der Waals surface area contributed by atoms with Gasteiger partial charge in [-0.1, -0.05) is 26.5 Å². The minimum atomic E-state index is -1.88. The average molecular weight is 388 g/mol. The van der Waals surface area contributed by atoms with Crippen LogP contribution in [0.15, 0.2) is 24.3 Å². The lowest BCUT2D eigenvalue weighted by molar-refractivity contribution is -0.441. The Bertz CT molecular complexity index is 829. The smallest absolute Gasteiger partial charge is 0.303 e. The molecule has 2 heterocycles. The maximum absolute atomic E-state index is 13.4. The Labute approximate surface area is 164 Å². The van der Waals surface area contributed by atoms with Gasteiger partial charge in [-0.25, -0.2) is 0 Å². The van der Waals surface area contributed by atoms with Crippen molar-refractivity contribution < 1.29 is 29.3 Å². The number of rotatable bonds is 1. The molecule has 0 aromatic heterocycles. The van der Waals surface area contributed by atoms with E-state index in [9.17, 15) is 19.8 Å². The third kappa shape index (κ3) is 1.73. The number of hydrogen-bond acceptors (Lipinski definition) is 6. The molecule has 3 saturated carbocycles. The molecular formula is C22H28O6. The third-order valence-electron chi connectivity index (χ3n) is 8.64. The highest BCUT2D eigenvalue weighted by atomic mass is 16.6. The van der Waals surface area contributed by atoms with Crippen molar-refractivity contribution in [2.75, 3.05) is 6.61 Å². The summed E-state index contributed by atoms with van der Waals surface area (Å²) >= 11 is 0. The summed E-state index contributed by atoms with van der Waals surface area (Å²) in [6, 6.07) is 0. The molecule has 4 aliphatic carbocycles. The van der Waals surface area contributed by atoms with E-state index in [1.54, 1.807) is 6.08 Å². The molecule has 6 aliphatic rings. The summed E-state index contributed by atoms with van der Waals surface area (Å²) in [5, 5.41) is 23.3. The lowest BCUT2D eigenvalue weighted by Crippen LogP contribution is -2.83. The molecule has 0 aromatic rings. The number of fused-ring (bicyclic) bond motifs is 2. The Morgan fingerprint density at radius 1 is 1.36 bits per heavy atom. The van der Waals surface area contributed by atoms with Gasteiger partial charge in [-0.3, -0.25) is 9.59 Å². The average Bonchev–Trinajstić information content (AvgIpc) is 2.82. The quantitative estimate of drug-likeness (QED) is 0.525. The molecule has 6 heteroatoms. The van der Waals surface area contributed by atoms with Crippen LogP contribution in [0.2, 0.25) is 0 Å². The van der Waals surface area contributed by atoms with E-state index in [0.29, 0.717) is 12.8 Å². The number of ether oxygens (including phenoxy) is 2. The second kappa shape index (κ2) is 5.15. The first kappa shape index (κ1) is 18.5. The highest BCUT2D eigenvalue weighted by Crippen LogP contribution is 2.76. The summed E-state index contributed by atoms with van der Waals surface area (Å²) in [6.07, 6.45) is 3.49. The van der Waals surface area contributed by atoms with E-state index < -0.39 is 46.1 Å². The molecule has 2 spiro atoms. The van der Waals surface area contributed by atoms with Gasteiger partial charge >= 0.3 is 5.97 Å². The first-order chi connectivity index (χ1) is 13.0. The SMILES string of the molecule is C=C1[C@@H]2CC[C@H]3[C@@]45CO[C@@](O)([C@@H](O)[C@@H]4C(C)(C)C=CC5=O)[C@]3(C2)[C@@H]1OC(C)=O. The van der Waals surface area contributed by atoms with Gasteiger partial charge in [-0.05, 0) is 48.2 Å². The van der Waals surface area contributed by atoms with Gasteiger partial charge in [-0.15, -0.1) is 0 Å². The highest BCUT2D eigenvalue weighted by Gasteiger charge is 2.84. The standard InChI is InChI=1S/C22H28O6/c1-11-13-5-6-14-20-10-27-22(26,21(14,9-13)18(11)28-12(2)23)17(25)16(20)19(3,4)8-7-15(20)24/h7-8,13-14,16-18,25-26H,1,5-6,9-10H2,2-4H3/t13-,14+,16-,17+,18-,20-,21+,22+/m1/s1. The van der Waals surface area contributed by atoms with Crippen molar-refractivity contribution in [3.63, 3.8) is 0 Å². The van der Waals surface area contributed by atoms with Gasteiger partial charge in [0.2, 0.25) is 5.79 Å². The van der Waals surface area contributed by atoms with Crippen molar-refractivity contribution in [2.24, 2.45) is 34.0 Å².